The normalized spacial score (nSPS) is 10.2. The van der Waals surface area contributed by atoms with E-state index >= 15 is 0 Å². The fourth-order valence-corrected chi connectivity index (χ4v) is 2.43. The van der Waals surface area contributed by atoms with Gasteiger partial charge in [0.05, 0.1) is 5.02 Å². The van der Waals surface area contributed by atoms with E-state index in [9.17, 15) is 19.7 Å². The Labute approximate surface area is 143 Å². The summed E-state index contributed by atoms with van der Waals surface area (Å²) < 4.78 is 0. The molecule has 0 radical (unpaired) electrons. The number of amides is 1. The molecule has 0 spiro atoms. The third-order valence-corrected chi connectivity index (χ3v) is 3.62. The van der Waals surface area contributed by atoms with E-state index in [4.69, 9.17) is 11.6 Å². The lowest BCUT2D eigenvalue weighted by atomic mass is 10.1. The first-order valence-electron chi connectivity index (χ1n) is 7.24. The van der Waals surface area contributed by atoms with Gasteiger partial charge in [0.2, 0.25) is 11.7 Å². The Bertz CT molecular complexity index is 762. The lowest BCUT2D eigenvalue weighted by Gasteiger charge is -2.07. The van der Waals surface area contributed by atoms with Gasteiger partial charge in [-0.3, -0.25) is 19.7 Å². The van der Waals surface area contributed by atoms with Gasteiger partial charge in [-0.1, -0.05) is 41.9 Å². The van der Waals surface area contributed by atoms with Gasteiger partial charge in [0.15, 0.2) is 0 Å². The number of halogens is 1. The average molecular weight is 347 g/mol. The molecule has 0 unspecified atom stereocenters. The van der Waals surface area contributed by atoms with E-state index in [1.54, 1.807) is 0 Å². The number of Topliss-reactive ketones (excluding diaryl/α,β-unsaturated/α-hetero) is 1. The van der Waals surface area contributed by atoms with Crippen LogP contribution in [0, 0.1) is 10.1 Å². The Morgan fingerprint density at radius 3 is 2.46 bits per heavy atom. The molecule has 0 saturated carbocycles. The van der Waals surface area contributed by atoms with Gasteiger partial charge in [-0.05, 0) is 30.2 Å². The van der Waals surface area contributed by atoms with Crippen LogP contribution in [-0.4, -0.2) is 23.2 Å². The number of ketones is 1. The summed E-state index contributed by atoms with van der Waals surface area (Å²) in [7, 11) is 0. The number of aryl methyl sites for hydroxylation is 1. The standard InChI is InChI=1S/C17H15ClN2O4/c18-15-10-13(7-8-14(15)16(21)11-20(23)24)19-17(22)9-6-12-4-2-1-3-5-12/h1-5,7-8,10H,6,9,11H2,(H,19,22). The summed E-state index contributed by atoms with van der Waals surface area (Å²) >= 11 is 5.97. The summed E-state index contributed by atoms with van der Waals surface area (Å²) in [5, 5.41) is 13.1. The Hall–Kier alpha value is -2.73. The molecule has 7 heteroatoms. The molecule has 0 aromatic heterocycles. The van der Waals surface area contributed by atoms with Crippen molar-refractivity contribution in [1.82, 2.24) is 0 Å². The third-order valence-electron chi connectivity index (χ3n) is 3.31. The van der Waals surface area contributed by atoms with Crippen LogP contribution in [0.3, 0.4) is 0 Å². The van der Waals surface area contributed by atoms with Crippen LogP contribution in [0.5, 0.6) is 0 Å². The van der Waals surface area contributed by atoms with Crippen LogP contribution >= 0.6 is 11.6 Å². The molecule has 0 saturated heterocycles. The van der Waals surface area contributed by atoms with Gasteiger partial charge in [-0.2, -0.15) is 0 Å². The van der Waals surface area contributed by atoms with E-state index < -0.39 is 17.3 Å². The molecule has 6 nitrogen and oxygen atoms in total. The predicted molar refractivity (Wildman–Crippen MR) is 91.0 cm³/mol. The van der Waals surface area contributed by atoms with Crippen molar-refractivity contribution in [3.05, 3.63) is 74.8 Å². The number of carbonyl (C=O) groups is 2. The van der Waals surface area contributed by atoms with E-state index in [1.807, 2.05) is 30.3 Å². The van der Waals surface area contributed by atoms with Crippen LogP contribution in [-0.2, 0) is 11.2 Å². The quantitative estimate of drug-likeness (QED) is 0.473. The molecule has 2 aromatic carbocycles. The zero-order chi connectivity index (χ0) is 17.5. The van der Waals surface area contributed by atoms with Crippen LogP contribution in [0.2, 0.25) is 5.02 Å². The molecule has 0 bridgehead atoms. The number of nitrogens with one attached hydrogen (secondary N) is 1. The van der Waals surface area contributed by atoms with Gasteiger partial charge in [0.1, 0.15) is 0 Å². The molecule has 124 valence electrons. The van der Waals surface area contributed by atoms with Crippen molar-refractivity contribution >= 4 is 29.0 Å². The second-order valence-electron chi connectivity index (χ2n) is 5.14. The zero-order valence-electron chi connectivity index (χ0n) is 12.7. The highest BCUT2D eigenvalue weighted by Gasteiger charge is 2.16. The number of rotatable bonds is 7. The molecular weight excluding hydrogens is 332 g/mol. The Kier molecular flexibility index (Phi) is 6.03. The average Bonchev–Trinajstić information content (AvgIpc) is 2.53. The Balaban J connectivity index is 1.95. The van der Waals surface area contributed by atoms with Crippen molar-refractivity contribution in [3.8, 4) is 0 Å². The van der Waals surface area contributed by atoms with Crippen molar-refractivity contribution in [2.75, 3.05) is 11.9 Å². The first kappa shape index (κ1) is 17.6. The van der Waals surface area contributed by atoms with Gasteiger partial charge < -0.3 is 5.32 Å². The maximum Gasteiger partial charge on any atom is 0.265 e. The molecule has 0 aliphatic rings. The fraction of sp³-hybridized carbons (Fsp3) is 0.176. The summed E-state index contributed by atoms with van der Waals surface area (Å²) in [5.41, 5.74) is 1.57. The Morgan fingerprint density at radius 2 is 1.83 bits per heavy atom. The molecule has 1 N–H and O–H groups in total. The van der Waals surface area contributed by atoms with Gasteiger partial charge in [0.25, 0.3) is 6.54 Å². The van der Waals surface area contributed by atoms with Crippen molar-refractivity contribution in [1.29, 1.82) is 0 Å². The number of nitro groups is 1. The molecule has 2 rings (SSSR count). The largest absolute Gasteiger partial charge is 0.326 e. The molecule has 0 fully saturated rings. The number of benzene rings is 2. The molecule has 24 heavy (non-hydrogen) atoms. The van der Waals surface area contributed by atoms with Crippen LogP contribution in [0.15, 0.2) is 48.5 Å². The van der Waals surface area contributed by atoms with Gasteiger partial charge in [-0.15, -0.1) is 0 Å². The van der Waals surface area contributed by atoms with E-state index in [1.165, 1.54) is 18.2 Å². The van der Waals surface area contributed by atoms with Crippen LogP contribution < -0.4 is 5.32 Å². The van der Waals surface area contributed by atoms with Gasteiger partial charge >= 0.3 is 0 Å². The lowest BCUT2D eigenvalue weighted by Crippen LogP contribution is -2.15. The highest BCUT2D eigenvalue weighted by Crippen LogP contribution is 2.22. The lowest BCUT2D eigenvalue weighted by molar-refractivity contribution is -0.465. The number of hydrogen-bond acceptors (Lipinski definition) is 4. The van der Waals surface area contributed by atoms with Crippen molar-refractivity contribution in [2.24, 2.45) is 0 Å². The monoisotopic (exact) mass is 346 g/mol. The van der Waals surface area contributed by atoms with E-state index in [0.717, 1.165) is 5.56 Å². The maximum atomic E-state index is 12.0. The van der Waals surface area contributed by atoms with Crippen LogP contribution in [0.25, 0.3) is 0 Å². The first-order chi connectivity index (χ1) is 11.5. The molecule has 0 aliphatic heterocycles. The minimum atomic E-state index is -0.817. The molecule has 1 amide bonds. The molecule has 2 aromatic rings. The zero-order valence-corrected chi connectivity index (χ0v) is 13.5. The number of nitrogens with zero attached hydrogens (tertiary/aromatic N) is 1. The first-order valence-corrected chi connectivity index (χ1v) is 7.62. The second-order valence-corrected chi connectivity index (χ2v) is 5.55. The predicted octanol–water partition coefficient (Wildman–Crippen LogP) is 3.37. The molecule has 0 heterocycles. The van der Waals surface area contributed by atoms with E-state index in [2.05, 4.69) is 5.32 Å². The molecular formula is C17H15ClN2O4. The topological polar surface area (TPSA) is 89.3 Å². The highest BCUT2D eigenvalue weighted by atomic mass is 35.5. The summed E-state index contributed by atoms with van der Waals surface area (Å²) in [5.74, 6) is -0.855. The minimum absolute atomic E-state index is 0.0654. The summed E-state index contributed by atoms with van der Waals surface area (Å²) in [6.45, 7) is -0.817. The third kappa shape index (κ3) is 5.17. The molecule has 0 aliphatic carbocycles. The fourth-order valence-electron chi connectivity index (χ4n) is 2.15. The van der Waals surface area contributed by atoms with Crippen molar-refractivity contribution in [3.63, 3.8) is 0 Å². The Morgan fingerprint density at radius 1 is 1.12 bits per heavy atom. The SMILES string of the molecule is O=C(CCc1ccccc1)Nc1ccc(C(=O)C[N+](=O)[O-])c(Cl)c1. The number of carbonyl (C=O) groups excluding carboxylic acids is 2. The smallest absolute Gasteiger partial charge is 0.265 e. The number of anilines is 1. The van der Waals surface area contributed by atoms with Crippen molar-refractivity contribution in [2.45, 2.75) is 12.8 Å². The highest BCUT2D eigenvalue weighted by molar-refractivity contribution is 6.34. The second kappa shape index (κ2) is 8.21. The van der Waals surface area contributed by atoms with E-state index in [0.29, 0.717) is 18.5 Å². The van der Waals surface area contributed by atoms with Crippen LogP contribution in [0.4, 0.5) is 5.69 Å². The molecule has 0 atom stereocenters. The van der Waals surface area contributed by atoms with E-state index in [-0.39, 0.29) is 16.5 Å². The van der Waals surface area contributed by atoms with Crippen molar-refractivity contribution < 1.29 is 14.5 Å². The van der Waals surface area contributed by atoms with Gasteiger partial charge in [0, 0.05) is 22.6 Å². The van der Waals surface area contributed by atoms with Crippen LogP contribution in [0.1, 0.15) is 22.3 Å². The minimum Gasteiger partial charge on any atom is -0.326 e. The number of hydrogen-bond donors (Lipinski definition) is 1. The summed E-state index contributed by atoms with van der Waals surface area (Å²) in [6, 6.07) is 13.9. The maximum absolute atomic E-state index is 12.0. The summed E-state index contributed by atoms with van der Waals surface area (Å²) in [4.78, 5) is 33.3. The summed E-state index contributed by atoms with van der Waals surface area (Å²) in [6.07, 6.45) is 0.920. The van der Waals surface area contributed by atoms with Gasteiger partial charge in [-0.25, -0.2) is 0 Å².